The van der Waals surface area contributed by atoms with Crippen molar-refractivity contribution < 1.29 is 0 Å². The van der Waals surface area contributed by atoms with Crippen molar-refractivity contribution in [1.29, 1.82) is 0 Å². The van der Waals surface area contributed by atoms with Gasteiger partial charge in [0.1, 0.15) is 0 Å². The minimum absolute atomic E-state index is 1.19. The Hall–Kier alpha value is -4.92. The summed E-state index contributed by atoms with van der Waals surface area (Å²) in [6.45, 7) is 0. The lowest BCUT2D eigenvalue weighted by Gasteiger charge is -2.09. The number of para-hydroxylation sites is 1. The van der Waals surface area contributed by atoms with Crippen LogP contribution in [0.1, 0.15) is 0 Å². The van der Waals surface area contributed by atoms with E-state index in [0.717, 1.165) is 0 Å². The molecule has 0 atom stereocenters. The molecular weight excluding hydrogens is 502 g/mol. The van der Waals surface area contributed by atoms with Gasteiger partial charge in [-0.2, -0.15) is 0 Å². The van der Waals surface area contributed by atoms with Gasteiger partial charge in [0, 0.05) is 36.6 Å². The molecule has 0 aliphatic rings. The molecule has 0 aliphatic carbocycles. The standard InChI is InChI=1S/C38H23NS/c1-3-9-24(10-4-1)26-15-18-30-27(21-26)16-19-33-37(30)31-22-32-36(23-34(31)39(33)28-12-5-2-6-13-28)40-35-20-17-25-11-7-8-14-29(25)38(32)35/h1-23H. The van der Waals surface area contributed by atoms with Gasteiger partial charge in [0.2, 0.25) is 0 Å². The predicted octanol–water partition coefficient (Wildman–Crippen LogP) is 11.1. The third-order valence-corrected chi connectivity index (χ3v) is 9.47. The normalized spacial score (nSPS) is 12.0. The molecule has 7 aromatic carbocycles. The third kappa shape index (κ3) is 3.08. The molecule has 40 heavy (non-hydrogen) atoms. The Morgan fingerprint density at radius 3 is 2.02 bits per heavy atom. The molecule has 0 saturated heterocycles. The lowest BCUT2D eigenvalue weighted by molar-refractivity contribution is 1.18. The molecule has 1 nitrogen and oxygen atoms in total. The van der Waals surface area contributed by atoms with Crippen molar-refractivity contribution in [1.82, 2.24) is 4.57 Å². The average molecular weight is 526 g/mol. The predicted molar refractivity (Wildman–Crippen MR) is 174 cm³/mol. The van der Waals surface area contributed by atoms with Gasteiger partial charge in [0.15, 0.2) is 0 Å². The Bertz CT molecular complexity index is 2410. The highest BCUT2D eigenvalue weighted by molar-refractivity contribution is 7.26. The van der Waals surface area contributed by atoms with E-state index in [-0.39, 0.29) is 0 Å². The first-order chi connectivity index (χ1) is 19.8. The first-order valence-corrected chi connectivity index (χ1v) is 14.5. The monoisotopic (exact) mass is 525 g/mol. The molecule has 9 aromatic rings. The summed E-state index contributed by atoms with van der Waals surface area (Å²) in [6.07, 6.45) is 0. The van der Waals surface area contributed by atoms with Crippen LogP contribution in [0.15, 0.2) is 140 Å². The third-order valence-electron chi connectivity index (χ3n) is 8.35. The Balaban J connectivity index is 1.44. The minimum atomic E-state index is 1.19. The zero-order valence-corrected chi connectivity index (χ0v) is 22.5. The zero-order chi connectivity index (χ0) is 26.2. The molecule has 0 N–H and O–H groups in total. The average Bonchev–Trinajstić information content (AvgIpc) is 3.55. The molecule has 186 valence electrons. The van der Waals surface area contributed by atoms with Gasteiger partial charge in [-0.3, -0.25) is 0 Å². The highest BCUT2D eigenvalue weighted by Crippen LogP contribution is 2.44. The van der Waals surface area contributed by atoms with Crippen LogP contribution >= 0.6 is 11.3 Å². The summed E-state index contributed by atoms with van der Waals surface area (Å²) in [4.78, 5) is 0. The SMILES string of the molecule is c1ccc(-c2ccc3c(ccc4c3c3cc5c(cc3n4-c3ccccc3)sc3ccc4ccccc4c35)c2)cc1. The summed E-state index contributed by atoms with van der Waals surface area (Å²) in [6, 6.07) is 51.1. The number of hydrogen-bond acceptors (Lipinski definition) is 1. The van der Waals surface area contributed by atoms with Crippen molar-refractivity contribution >= 4 is 74.9 Å². The minimum Gasteiger partial charge on any atom is -0.309 e. The summed E-state index contributed by atoms with van der Waals surface area (Å²) in [5.74, 6) is 0. The Labute approximate surface area is 235 Å². The molecule has 0 bridgehead atoms. The maximum atomic E-state index is 2.46. The number of benzene rings is 7. The van der Waals surface area contributed by atoms with E-state index in [1.807, 2.05) is 11.3 Å². The number of nitrogens with zero attached hydrogens (tertiary/aromatic N) is 1. The van der Waals surface area contributed by atoms with Gasteiger partial charge < -0.3 is 4.57 Å². The Morgan fingerprint density at radius 1 is 0.400 bits per heavy atom. The molecule has 0 fully saturated rings. The lowest BCUT2D eigenvalue weighted by Crippen LogP contribution is -1.92. The van der Waals surface area contributed by atoms with E-state index < -0.39 is 0 Å². The topological polar surface area (TPSA) is 4.93 Å². The quantitative estimate of drug-likeness (QED) is 0.211. The maximum Gasteiger partial charge on any atom is 0.0555 e. The van der Waals surface area contributed by atoms with E-state index in [2.05, 4.69) is 144 Å². The van der Waals surface area contributed by atoms with Gasteiger partial charge in [-0.25, -0.2) is 0 Å². The Kier molecular flexibility index (Phi) is 4.55. The van der Waals surface area contributed by atoms with E-state index in [1.54, 1.807) is 0 Å². The summed E-state index contributed by atoms with van der Waals surface area (Å²) in [7, 11) is 0. The smallest absolute Gasteiger partial charge is 0.0555 e. The molecule has 0 spiro atoms. The van der Waals surface area contributed by atoms with Crippen molar-refractivity contribution in [2.45, 2.75) is 0 Å². The van der Waals surface area contributed by atoms with Crippen molar-refractivity contribution in [3.8, 4) is 16.8 Å². The molecule has 0 radical (unpaired) electrons. The summed E-state index contributed by atoms with van der Waals surface area (Å²) >= 11 is 1.90. The number of fused-ring (bicyclic) bond motifs is 10. The van der Waals surface area contributed by atoms with Crippen molar-refractivity contribution in [2.75, 3.05) is 0 Å². The fraction of sp³-hybridized carbons (Fsp3) is 0. The number of rotatable bonds is 2. The number of aromatic nitrogens is 1. The number of hydrogen-bond donors (Lipinski definition) is 0. The van der Waals surface area contributed by atoms with Gasteiger partial charge in [0.25, 0.3) is 0 Å². The second kappa shape index (κ2) is 8.29. The fourth-order valence-electron chi connectivity index (χ4n) is 6.55. The Morgan fingerprint density at radius 2 is 1.15 bits per heavy atom. The van der Waals surface area contributed by atoms with Crippen LogP contribution in [0.3, 0.4) is 0 Å². The van der Waals surface area contributed by atoms with E-state index in [0.29, 0.717) is 0 Å². The second-order valence-corrected chi connectivity index (χ2v) is 11.6. The van der Waals surface area contributed by atoms with E-state index in [4.69, 9.17) is 0 Å². The van der Waals surface area contributed by atoms with Crippen LogP contribution in [0.5, 0.6) is 0 Å². The van der Waals surface area contributed by atoms with Crippen molar-refractivity contribution in [2.24, 2.45) is 0 Å². The van der Waals surface area contributed by atoms with Crippen LogP contribution < -0.4 is 0 Å². The molecule has 2 aromatic heterocycles. The first-order valence-electron chi connectivity index (χ1n) is 13.7. The summed E-state index contributed by atoms with van der Waals surface area (Å²) in [5, 5.41) is 10.5. The first kappa shape index (κ1) is 22.0. The molecule has 0 saturated carbocycles. The molecule has 2 heteroatoms. The summed E-state index contributed by atoms with van der Waals surface area (Å²) in [5.41, 5.74) is 6.18. The molecule has 9 rings (SSSR count). The highest BCUT2D eigenvalue weighted by Gasteiger charge is 2.18. The van der Waals surface area contributed by atoms with Crippen LogP contribution in [0.4, 0.5) is 0 Å². The van der Waals surface area contributed by atoms with Crippen LogP contribution in [0.25, 0.3) is 80.3 Å². The summed E-state index contributed by atoms with van der Waals surface area (Å²) < 4.78 is 5.11. The van der Waals surface area contributed by atoms with Crippen LogP contribution in [0.2, 0.25) is 0 Å². The molecule has 0 unspecified atom stereocenters. The van der Waals surface area contributed by atoms with Gasteiger partial charge in [0.05, 0.1) is 11.0 Å². The van der Waals surface area contributed by atoms with Gasteiger partial charge >= 0.3 is 0 Å². The van der Waals surface area contributed by atoms with E-state index >= 15 is 0 Å². The maximum absolute atomic E-state index is 2.46. The second-order valence-electron chi connectivity index (χ2n) is 10.6. The van der Waals surface area contributed by atoms with E-state index in [1.165, 1.54) is 80.3 Å². The fourth-order valence-corrected chi connectivity index (χ4v) is 7.69. The molecule has 0 aliphatic heterocycles. The zero-order valence-electron chi connectivity index (χ0n) is 21.6. The van der Waals surface area contributed by atoms with Gasteiger partial charge in [-0.15, -0.1) is 11.3 Å². The van der Waals surface area contributed by atoms with Crippen molar-refractivity contribution in [3.63, 3.8) is 0 Å². The van der Waals surface area contributed by atoms with Gasteiger partial charge in [-0.05, 0) is 75.1 Å². The van der Waals surface area contributed by atoms with Crippen LogP contribution in [0, 0.1) is 0 Å². The molecular formula is C38H23NS. The van der Waals surface area contributed by atoms with Crippen LogP contribution in [-0.2, 0) is 0 Å². The molecule has 0 amide bonds. The highest BCUT2D eigenvalue weighted by atomic mass is 32.1. The van der Waals surface area contributed by atoms with E-state index in [9.17, 15) is 0 Å². The molecule has 2 heterocycles. The number of thiophene rings is 1. The largest absolute Gasteiger partial charge is 0.309 e. The lowest BCUT2D eigenvalue weighted by atomic mass is 9.97. The van der Waals surface area contributed by atoms with Crippen LogP contribution in [-0.4, -0.2) is 4.57 Å². The van der Waals surface area contributed by atoms with Crippen molar-refractivity contribution in [3.05, 3.63) is 140 Å². The van der Waals surface area contributed by atoms with Gasteiger partial charge in [-0.1, -0.05) is 97.1 Å².